The summed E-state index contributed by atoms with van der Waals surface area (Å²) in [7, 11) is -2.21. The van der Waals surface area contributed by atoms with Gasteiger partial charge in [0, 0.05) is 6.54 Å². The number of sulfonamides is 1. The molecule has 0 atom stereocenters. The third-order valence-corrected chi connectivity index (χ3v) is 5.47. The van der Waals surface area contributed by atoms with Gasteiger partial charge in [0.05, 0.1) is 18.4 Å². The van der Waals surface area contributed by atoms with Gasteiger partial charge in [0.15, 0.2) is 0 Å². The van der Waals surface area contributed by atoms with Crippen LogP contribution >= 0.6 is 0 Å². The summed E-state index contributed by atoms with van der Waals surface area (Å²) in [6.45, 7) is 6.70. The van der Waals surface area contributed by atoms with Crippen LogP contribution in [0, 0.1) is 0 Å². The Morgan fingerprint density at radius 3 is 2.29 bits per heavy atom. The van der Waals surface area contributed by atoms with Crippen LogP contribution in [-0.2, 0) is 25.9 Å². The van der Waals surface area contributed by atoms with Gasteiger partial charge in [-0.2, -0.15) is 0 Å². The highest BCUT2D eigenvalue weighted by Gasteiger charge is 2.18. The number of para-hydroxylation sites is 1. The first-order chi connectivity index (χ1) is 13.1. The van der Waals surface area contributed by atoms with Crippen molar-refractivity contribution in [1.29, 1.82) is 0 Å². The fourth-order valence-corrected chi connectivity index (χ4v) is 3.82. The van der Waals surface area contributed by atoms with Crippen molar-refractivity contribution in [2.24, 2.45) is 0 Å². The highest BCUT2D eigenvalue weighted by atomic mass is 32.2. The van der Waals surface area contributed by atoms with Gasteiger partial charge in [-0.1, -0.05) is 51.1 Å². The molecule has 0 fully saturated rings. The minimum atomic E-state index is -3.51. The second-order valence-electron chi connectivity index (χ2n) is 7.44. The number of benzene rings is 2. The van der Waals surface area contributed by atoms with Gasteiger partial charge in [0.2, 0.25) is 10.0 Å². The van der Waals surface area contributed by atoms with E-state index in [2.05, 4.69) is 30.2 Å². The fourth-order valence-electron chi connectivity index (χ4n) is 2.70. The molecule has 2 aromatic carbocycles. The number of ether oxygens (including phenoxy) is 2. The maximum Gasteiger partial charge on any atom is 0.337 e. The molecule has 0 saturated heterocycles. The molecule has 2 aromatic rings. The van der Waals surface area contributed by atoms with Crippen molar-refractivity contribution in [3.8, 4) is 5.75 Å². The lowest BCUT2D eigenvalue weighted by atomic mass is 9.86. The van der Waals surface area contributed by atoms with Gasteiger partial charge in [-0.05, 0) is 34.7 Å². The number of esters is 1. The van der Waals surface area contributed by atoms with E-state index in [9.17, 15) is 13.2 Å². The van der Waals surface area contributed by atoms with Gasteiger partial charge in [0.1, 0.15) is 12.4 Å². The zero-order valence-electron chi connectivity index (χ0n) is 16.7. The van der Waals surface area contributed by atoms with Crippen molar-refractivity contribution < 1.29 is 22.7 Å². The molecule has 0 saturated carbocycles. The summed E-state index contributed by atoms with van der Waals surface area (Å²) < 4.78 is 37.5. The molecule has 0 aromatic heterocycles. The molecule has 2 rings (SSSR count). The SMILES string of the molecule is COC(=O)c1ccc(CS(=O)(=O)NCCOc2ccccc2C(C)(C)C)cc1. The molecule has 0 amide bonds. The maximum absolute atomic E-state index is 12.3. The number of carbonyl (C=O) groups is 1. The van der Waals surface area contributed by atoms with E-state index in [1.165, 1.54) is 7.11 Å². The number of hydrogen-bond acceptors (Lipinski definition) is 5. The fraction of sp³-hybridized carbons (Fsp3) is 0.381. The molecule has 1 N–H and O–H groups in total. The molecule has 7 heteroatoms. The van der Waals surface area contributed by atoms with Gasteiger partial charge in [0.25, 0.3) is 0 Å². The first-order valence-corrected chi connectivity index (χ1v) is 10.6. The van der Waals surface area contributed by atoms with Crippen LogP contribution < -0.4 is 9.46 Å². The van der Waals surface area contributed by atoms with Crippen LogP contribution in [0.25, 0.3) is 0 Å². The maximum atomic E-state index is 12.3. The topological polar surface area (TPSA) is 81.7 Å². The Hall–Kier alpha value is -2.38. The van der Waals surface area contributed by atoms with E-state index >= 15 is 0 Å². The van der Waals surface area contributed by atoms with Crippen LogP contribution in [0.15, 0.2) is 48.5 Å². The van der Waals surface area contributed by atoms with Gasteiger partial charge >= 0.3 is 5.97 Å². The molecule has 0 bridgehead atoms. The highest BCUT2D eigenvalue weighted by Crippen LogP contribution is 2.30. The lowest BCUT2D eigenvalue weighted by Gasteiger charge is -2.22. The average molecular weight is 406 g/mol. The van der Waals surface area contributed by atoms with Crippen LogP contribution in [0.3, 0.4) is 0 Å². The Kier molecular flexibility index (Phi) is 7.21. The van der Waals surface area contributed by atoms with Crippen LogP contribution in [0.4, 0.5) is 0 Å². The van der Waals surface area contributed by atoms with Crippen molar-refractivity contribution in [3.63, 3.8) is 0 Å². The lowest BCUT2D eigenvalue weighted by Crippen LogP contribution is -2.29. The first kappa shape index (κ1) is 21.9. The summed E-state index contributed by atoms with van der Waals surface area (Å²) in [5.74, 6) is 0.125. The third-order valence-electron chi connectivity index (χ3n) is 4.11. The Labute approximate surface area is 166 Å². The van der Waals surface area contributed by atoms with Gasteiger partial charge < -0.3 is 9.47 Å². The molecule has 152 valence electrons. The van der Waals surface area contributed by atoms with Crippen LogP contribution in [-0.4, -0.2) is 34.6 Å². The van der Waals surface area contributed by atoms with Crippen molar-refractivity contribution in [3.05, 3.63) is 65.2 Å². The molecule has 0 aliphatic carbocycles. The standard InChI is InChI=1S/C21H27NO5S/c1-21(2,3)18-7-5-6-8-19(18)27-14-13-22-28(24,25)15-16-9-11-17(12-10-16)20(23)26-4/h5-12,22H,13-15H2,1-4H3. The molecular weight excluding hydrogens is 378 g/mol. The van der Waals surface area contributed by atoms with Crippen LogP contribution in [0.2, 0.25) is 0 Å². The lowest BCUT2D eigenvalue weighted by molar-refractivity contribution is 0.0600. The van der Waals surface area contributed by atoms with E-state index in [1.54, 1.807) is 24.3 Å². The molecule has 0 spiro atoms. The van der Waals surface area contributed by atoms with Crippen molar-refractivity contribution in [1.82, 2.24) is 4.72 Å². The number of carbonyl (C=O) groups excluding carboxylic acids is 1. The monoisotopic (exact) mass is 405 g/mol. The second-order valence-corrected chi connectivity index (χ2v) is 9.24. The van der Waals surface area contributed by atoms with E-state index in [-0.39, 0.29) is 24.3 Å². The van der Waals surface area contributed by atoms with E-state index in [0.29, 0.717) is 11.1 Å². The average Bonchev–Trinajstić information content (AvgIpc) is 2.64. The van der Waals surface area contributed by atoms with Crippen LogP contribution in [0.5, 0.6) is 5.75 Å². The van der Waals surface area contributed by atoms with Crippen molar-refractivity contribution in [2.75, 3.05) is 20.3 Å². The van der Waals surface area contributed by atoms with E-state index in [1.807, 2.05) is 24.3 Å². The van der Waals surface area contributed by atoms with Gasteiger partial charge in [-0.3, -0.25) is 0 Å². The highest BCUT2D eigenvalue weighted by molar-refractivity contribution is 7.88. The summed E-state index contributed by atoms with van der Waals surface area (Å²) in [6, 6.07) is 14.0. The third kappa shape index (κ3) is 6.35. The van der Waals surface area contributed by atoms with E-state index < -0.39 is 16.0 Å². The molecule has 0 aliphatic heterocycles. The number of rotatable bonds is 8. The van der Waals surface area contributed by atoms with Gasteiger partial charge in [-0.15, -0.1) is 0 Å². The predicted molar refractivity (Wildman–Crippen MR) is 109 cm³/mol. The molecule has 0 heterocycles. The molecule has 0 unspecified atom stereocenters. The summed E-state index contributed by atoms with van der Waals surface area (Å²) in [6.07, 6.45) is 0. The summed E-state index contributed by atoms with van der Waals surface area (Å²) in [5.41, 5.74) is 1.97. The molecule has 0 aliphatic rings. The number of methoxy groups -OCH3 is 1. The van der Waals surface area contributed by atoms with Gasteiger partial charge in [-0.25, -0.2) is 17.9 Å². The number of hydrogen-bond donors (Lipinski definition) is 1. The van der Waals surface area contributed by atoms with E-state index in [4.69, 9.17) is 4.74 Å². The summed E-state index contributed by atoms with van der Waals surface area (Å²) in [4.78, 5) is 11.4. The van der Waals surface area contributed by atoms with Crippen LogP contribution in [0.1, 0.15) is 42.3 Å². The Balaban J connectivity index is 1.88. The minimum absolute atomic E-state index is 0.0630. The molecule has 28 heavy (non-hydrogen) atoms. The Morgan fingerprint density at radius 2 is 1.68 bits per heavy atom. The quantitative estimate of drug-likeness (QED) is 0.538. The smallest absolute Gasteiger partial charge is 0.337 e. The largest absolute Gasteiger partial charge is 0.492 e. The predicted octanol–water partition coefficient (Wildman–Crippen LogP) is 3.27. The second kappa shape index (κ2) is 9.21. The molecular formula is C21H27NO5S. The first-order valence-electron chi connectivity index (χ1n) is 8.99. The zero-order chi connectivity index (χ0) is 20.8. The van der Waals surface area contributed by atoms with Crippen molar-refractivity contribution in [2.45, 2.75) is 31.9 Å². The summed E-state index contributed by atoms with van der Waals surface area (Å²) in [5, 5.41) is 0. The Morgan fingerprint density at radius 1 is 1.04 bits per heavy atom. The number of nitrogens with one attached hydrogen (secondary N) is 1. The zero-order valence-corrected chi connectivity index (χ0v) is 17.5. The van der Waals surface area contributed by atoms with E-state index in [0.717, 1.165) is 11.3 Å². The normalized spacial score (nSPS) is 11.9. The molecule has 6 nitrogen and oxygen atoms in total. The minimum Gasteiger partial charge on any atom is -0.492 e. The summed E-state index contributed by atoms with van der Waals surface area (Å²) >= 11 is 0. The van der Waals surface area contributed by atoms with Crippen molar-refractivity contribution >= 4 is 16.0 Å². The Bertz CT molecular complexity index is 899. The molecule has 0 radical (unpaired) electrons.